The molecule has 2 atom stereocenters. The fourth-order valence-corrected chi connectivity index (χ4v) is 3.69. The number of benzene rings is 1. The van der Waals surface area contributed by atoms with Gasteiger partial charge in [0.2, 0.25) is 11.8 Å². The average molecular weight is 663 g/mol. The van der Waals surface area contributed by atoms with Crippen LogP contribution in [0.2, 0.25) is 0 Å². The minimum Gasteiger partial charge on any atom is -0.481 e. The zero-order chi connectivity index (χ0) is 34.3. The lowest BCUT2D eigenvalue weighted by atomic mass is 10.0. The van der Waals surface area contributed by atoms with E-state index in [1.54, 1.807) is 13.8 Å². The highest BCUT2D eigenvalue weighted by atomic mass is 32.1. The fraction of sp³-hybridized carbons (Fsp3) is 0.360. The molecule has 0 aliphatic rings. The number of thiazole rings is 1. The van der Waals surface area contributed by atoms with Gasteiger partial charge in [-0.2, -0.15) is 13.2 Å². The Morgan fingerprint density at radius 2 is 1.53 bits per heavy atom. The Hall–Kier alpha value is -5.27. The standard InChI is InChI=1S/C23H28N6O8S.C2HF3O2/c1-12(2)18(21(35)36)28-20(34)14(8-17(31)32)26-16(30)10-24-19(33)15-11-38-23(27-15)29-22(37)25-9-13-6-4-3-5-7-13;3-2(4,5)1(6)7/h3-7,11-12,14,18H,8-10H2,1-2H3,(H,24,33)(H,26,30)(H,28,34)(H,31,32)(H,35,36)(H2,25,27,29,37);(H,6,7)/t14-,18-;/m0./s1. The van der Waals surface area contributed by atoms with E-state index in [9.17, 15) is 47.0 Å². The summed E-state index contributed by atoms with van der Waals surface area (Å²) in [5, 5.41) is 38.7. The van der Waals surface area contributed by atoms with Gasteiger partial charge in [0.15, 0.2) is 5.13 Å². The average Bonchev–Trinajstić information content (AvgIpc) is 3.41. The zero-order valence-electron chi connectivity index (χ0n) is 23.5. The second kappa shape index (κ2) is 17.8. The first kappa shape index (κ1) is 37.8. The van der Waals surface area contributed by atoms with Crippen molar-refractivity contribution in [3.63, 3.8) is 0 Å². The normalized spacial score (nSPS) is 12.0. The maximum Gasteiger partial charge on any atom is 0.490 e. The van der Waals surface area contributed by atoms with Crippen LogP contribution < -0.4 is 26.6 Å². The molecule has 1 heterocycles. The Bertz CT molecular complexity index is 1370. The number of halogens is 3. The van der Waals surface area contributed by atoms with Crippen molar-refractivity contribution in [2.75, 3.05) is 11.9 Å². The molecule has 0 saturated heterocycles. The van der Waals surface area contributed by atoms with Crippen molar-refractivity contribution in [3.8, 4) is 0 Å². The molecule has 246 valence electrons. The summed E-state index contributed by atoms with van der Waals surface area (Å²) in [6.07, 6.45) is -5.89. The second-order valence-corrected chi connectivity index (χ2v) is 9.96. The van der Waals surface area contributed by atoms with Gasteiger partial charge in [-0.05, 0) is 11.5 Å². The van der Waals surface area contributed by atoms with Crippen LogP contribution in [0.1, 0.15) is 36.3 Å². The lowest BCUT2D eigenvalue weighted by molar-refractivity contribution is -0.192. The number of hydrogen-bond donors (Lipinski definition) is 8. The molecule has 2 rings (SSSR count). The number of nitrogens with one attached hydrogen (secondary N) is 5. The molecule has 0 radical (unpaired) electrons. The van der Waals surface area contributed by atoms with Crippen molar-refractivity contribution < 1.29 is 62.1 Å². The third kappa shape index (κ3) is 14.6. The number of hydrogen-bond acceptors (Lipinski definition) is 9. The van der Waals surface area contributed by atoms with Crippen molar-refractivity contribution in [1.82, 2.24) is 26.3 Å². The van der Waals surface area contributed by atoms with Crippen molar-refractivity contribution in [2.45, 2.75) is 45.1 Å². The minimum absolute atomic E-state index is 0.0813. The SMILES string of the molecule is CC(C)[C@H](NC(=O)[C@H](CC(=O)O)NC(=O)CNC(=O)c1csc(NC(=O)NCc2ccccc2)n1)C(=O)O.O=C(O)C(F)(F)F. The van der Waals surface area contributed by atoms with Gasteiger partial charge in [0, 0.05) is 11.9 Å². The summed E-state index contributed by atoms with van der Waals surface area (Å²) in [5.41, 5.74) is 0.812. The molecule has 16 nitrogen and oxygen atoms in total. The van der Waals surface area contributed by atoms with E-state index in [1.165, 1.54) is 5.38 Å². The summed E-state index contributed by atoms with van der Waals surface area (Å²) in [7, 11) is 0. The smallest absolute Gasteiger partial charge is 0.481 e. The Morgan fingerprint density at radius 3 is 2.04 bits per heavy atom. The number of carboxylic acids is 3. The minimum atomic E-state index is -5.08. The molecule has 0 saturated carbocycles. The number of urea groups is 1. The molecule has 0 aliphatic heterocycles. The van der Waals surface area contributed by atoms with E-state index in [0.29, 0.717) is 0 Å². The molecule has 45 heavy (non-hydrogen) atoms. The summed E-state index contributed by atoms with van der Waals surface area (Å²) >= 11 is 0.983. The van der Waals surface area contributed by atoms with E-state index in [-0.39, 0.29) is 17.4 Å². The molecular weight excluding hydrogens is 633 g/mol. The third-order valence-corrected chi connectivity index (χ3v) is 5.92. The van der Waals surface area contributed by atoms with Crippen LogP contribution in [0.4, 0.5) is 23.1 Å². The summed E-state index contributed by atoms with van der Waals surface area (Å²) < 4.78 is 31.7. The van der Waals surface area contributed by atoms with Crippen molar-refractivity contribution in [1.29, 1.82) is 0 Å². The van der Waals surface area contributed by atoms with Crippen LogP contribution in [0.15, 0.2) is 35.7 Å². The number of carbonyl (C=O) groups excluding carboxylic acids is 4. The molecule has 0 aliphatic carbocycles. The maximum absolute atomic E-state index is 12.4. The molecule has 20 heteroatoms. The first-order valence-electron chi connectivity index (χ1n) is 12.6. The molecule has 0 fully saturated rings. The predicted molar refractivity (Wildman–Crippen MR) is 149 cm³/mol. The molecule has 8 N–H and O–H groups in total. The number of carboxylic acid groups (broad SMARTS) is 3. The molecular formula is C25H29F3N6O10S. The van der Waals surface area contributed by atoms with Crippen LogP contribution in [0.5, 0.6) is 0 Å². The largest absolute Gasteiger partial charge is 0.490 e. The van der Waals surface area contributed by atoms with Gasteiger partial charge in [0.05, 0.1) is 13.0 Å². The number of rotatable bonds is 13. The number of nitrogens with zero attached hydrogens (tertiary/aromatic N) is 1. The third-order valence-electron chi connectivity index (χ3n) is 5.17. The van der Waals surface area contributed by atoms with E-state index >= 15 is 0 Å². The lowest BCUT2D eigenvalue weighted by Crippen LogP contribution is -2.54. The van der Waals surface area contributed by atoms with Gasteiger partial charge in [-0.15, -0.1) is 11.3 Å². The highest BCUT2D eigenvalue weighted by Gasteiger charge is 2.38. The molecule has 0 spiro atoms. The summed E-state index contributed by atoms with van der Waals surface area (Å²) in [6, 6.07) is 5.83. The van der Waals surface area contributed by atoms with Gasteiger partial charge in [-0.3, -0.25) is 24.5 Å². The zero-order valence-corrected chi connectivity index (χ0v) is 24.3. The topological polar surface area (TPSA) is 253 Å². The number of anilines is 1. The summed E-state index contributed by atoms with van der Waals surface area (Å²) in [5.74, 6) is -8.59. The molecule has 1 aromatic heterocycles. The number of alkyl halides is 3. The second-order valence-electron chi connectivity index (χ2n) is 9.10. The number of carbonyl (C=O) groups is 7. The monoisotopic (exact) mass is 662 g/mol. The molecule has 0 bridgehead atoms. The van der Waals surface area contributed by atoms with Crippen LogP contribution in [-0.4, -0.2) is 86.8 Å². The van der Waals surface area contributed by atoms with E-state index in [4.69, 9.17) is 15.0 Å². The van der Waals surface area contributed by atoms with E-state index in [2.05, 4.69) is 31.6 Å². The van der Waals surface area contributed by atoms with Gasteiger partial charge >= 0.3 is 30.1 Å². The van der Waals surface area contributed by atoms with Crippen LogP contribution in [0, 0.1) is 5.92 Å². The Balaban J connectivity index is 0.00000129. The number of amides is 5. The number of aliphatic carboxylic acids is 3. The van der Waals surface area contributed by atoms with Crippen molar-refractivity contribution in [2.24, 2.45) is 5.92 Å². The van der Waals surface area contributed by atoms with Gasteiger partial charge in [0.1, 0.15) is 17.8 Å². The van der Waals surface area contributed by atoms with Gasteiger partial charge < -0.3 is 36.6 Å². The van der Waals surface area contributed by atoms with Crippen molar-refractivity contribution >= 4 is 58.1 Å². The van der Waals surface area contributed by atoms with Crippen LogP contribution in [-0.2, 0) is 30.5 Å². The summed E-state index contributed by atoms with van der Waals surface area (Å²) in [4.78, 5) is 84.4. The lowest BCUT2D eigenvalue weighted by Gasteiger charge is -2.22. The van der Waals surface area contributed by atoms with Crippen LogP contribution in [0.3, 0.4) is 0 Å². The van der Waals surface area contributed by atoms with E-state index < -0.39 is 78.8 Å². The Morgan fingerprint density at radius 1 is 0.933 bits per heavy atom. The first-order chi connectivity index (χ1) is 20.9. The van der Waals surface area contributed by atoms with Crippen LogP contribution in [0.25, 0.3) is 0 Å². The predicted octanol–water partition coefficient (Wildman–Crippen LogP) is 1.01. The van der Waals surface area contributed by atoms with E-state index in [1.807, 2.05) is 30.3 Å². The highest BCUT2D eigenvalue weighted by molar-refractivity contribution is 7.14. The van der Waals surface area contributed by atoms with Crippen molar-refractivity contribution in [3.05, 3.63) is 47.0 Å². The van der Waals surface area contributed by atoms with Gasteiger partial charge in [-0.25, -0.2) is 19.4 Å². The Kier molecular flexibility index (Phi) is 14.9. The van der Waals surface area contributed by atoms with Gasteiger partial charge in [-0.1, -0.05) is 44.2 Å². The first-order valence-corrected chi connectivity index (χ1v) is 13.5. The molecule has 2 aromatic rings. The molecule has 1 aromatic carbocycles. The molecule has 5 amide bonds. The highest BCUT2D eigenvalue weighted by Crippen LogP contribution is 2.15. The Labute approximate surface area is 256 Å². The number of aromatic nitrogens is 1. The fourth-order valence-electron chi connectivity index (χ4n) is 3.00. The quantitative estimate of drug-likeness (QED) is 0.150. The van der Waals surface area contributed by atoms with Crippen LogP contribution >= 0.6 is 11.3 Å². The maximum atomic E-state index is 12.4. The van der Waals surface area contributed by atoms with Gasteiger partial charge in [0.25, 0.3) is 5.91 Å². The molecule has 0 unspecified atom stereocenters. The summed E-state index contributed by atoms with van der Waals surface area (Å²) in [6.45, 7) is 2.77. The van der Waals surface area contributed by atoms with E-state index in [0.717, 1.165) is 16.9 Å².